The molecule has 1 fully saturated rings. The Hall–Kier alpha value is -3.17. The number of amides is 2. The first-order chi connectivity index (χ1) is 11.5. The molecule has 0 unspecified atom stereocenters. The van der Waals surface area contributed by atoms with Crippen molar-refractivity contribution in [2.75, 3.05) is 19.1 Å². The molecule has 2 amide bonds. The average Bonchev–Trinajstić information content (AvgIpc) is 2.95. The quantitative estimate of drug-likeness (QED) is 0.490. The molecule has 1 saturated heterocycles. The number of aromatic nitrogens is 3. The van der Waals surface area contributed by atoms with Crippen LogP contribution in [0.3, 0.4) is 0 Å². The molecule has 10 nitrogen and oxygen atoms in total. The van der Waals surface area contributed by atoms with Crippen LogP contribution in [0.25, 0.3) is 11.3 Å². The van der Waals surface area contributed by atoms with E-state index in [0.717, 1.165) is 4.68 Å². The Kier molecular flexibility index (Phi) is 4.02. The van der Waals surface area contributed by atoms with Gasteiger partial charge in [0.2, 0.25) is 5.91 Å². The second-order valence-electron chi connectivity index (χ2n) is 5.35. The second kappa shape index (κ2) is 6.14. The van der Waals surface area contributed by atoms with E-state index in [9.17, 15) is 19.2 Å². The van der Waals surface area contributed by atoms with Crippen molar-refractivity contribution in [2.24, 2.45) is 5.92 Å². The molecular formula is C14H15N5O5. The molecule has 0 aromatic rings. The number of hydrogen-bond acceptors (Lipinski definition) is 6. The number of hydrogen-bond donors (Lipinski definition) is 3. The van der Waals surface area contributed by atoms with Gasteiger partial charge in [-0.3, -0.25) is 24.5 Å². The maximum Gasteiger partial charge on any atom is 0.341 e. The van der Waals surface area contributed by atoms with Gasteiger partial charge in [0.1, 0.15) is 17.2 Å². The number of fused-ring (bicyclic) bond motifs is 1. The summed E-state index contributed by atoms with van der Waals surface area (Å²) >= 11 is 0. The number of piperidine rings is 1. The first-order valence-electron chi connectivity index (χ1n) is 7.28. The molecule has 126 valence electrons. The third-order valence-electron chi connectivity index (χ3n) is 3.81. The Balaban J connectivity index is 1.94. The van der Waals surface area contributed by atoms with Crippen LogP contribution in [0.1, 0.15) is 23.2 Å². The molecule has 3 heterocycles. The lowest BCUT2D eigenvalue weighted by atomic mass is 9.98. The molecule has 3 N–H and O–H groups in total. The van der Waals surface area contributed by atoms with Crippen molar-refractivity contribution in [3.8, 4) is 11.3 Å². The summed E-state index contributed by atoms with van der Waals surface area (Å²) in [6.07, 6.45) is 3.75. The van der Waals surface area contributed by atoms with Gasteiger partial charge < -0.3 is 10.1 Å². The minimum atomic E-state index is -0.820. The lowest BCUT2D eigenvalue weighted by molar-refractivity contribution is -0.134. The third-order valence-corrected chi connectivity index (χ3v) is 3.81. The number of esters is 1. The van der Waals surface area contributed by atoms with Gasteiger partial charge in [-0.05, 0) is 12.8 Å². The van der Waals surface area contributed by atoms with E-state index in [1.54, 1.807) is 0 Å². The van der Waals surface area contributed by atoms with Gasteiger partial charge in [-0.1, -0.05) is 0 Å². The van der Waals surface area contributed by atoms with Crippen LogP contribution in [0.4, 0.5) is 0 Å². The first-order valence-corrected chi connectivity index (χ1v) is 7.28. The highest BCUT2D eigenvalue weighted by molar-refractivity contribution is 6.04. The van der Waals surface area contributed by atoms with Crippen LogP contribution in [0.2, 0.25) is 0 Å². The number of carbonyl (C=O) groups excluding carboxylic acids is 3. The van der Waals surface area contributed by atoms with Gasteiger partial charge >= 0.3 is 5.97 Å². The van der Waals surface area contributed by atoms with Gasteiger partial charge in [-0.15, -0.1) is 0 Å². The van der Waals surface area contributed by atoms with E-state index in [4.69, 9.17) is 0 Å². The number of ether oxygens (including phenoxy) is 1. The van der Waals surface area contributed by atoms with Gasteiger partial charge in [0.25, 0.3) is 11.5 Å². The fourth-order valence-electron chi connectivity index (χ4n) is 2.59. The molecule has 0 radical (unpaired) electrons. The highest BCUT2D eigenvalue weighted by Crippen LogP contribution is 2.20. The molecule has 0 spiro atoms. The number of nitrogens with zero attached hydrogens (tertiary/aromatic N) is 2. The fourth-order valence-corrected chi connectivity index (χ4v) is 2.59. The van der Waals surface area contributed by atoms with Crippen LogP contribution in [0.15, 0.2) is 17.2 Å². The molecule has 0 bridgehead atoms. The highest BCUT2D eigenvalue weighted by Gasteiger charge is 2.30. The smallest absolute Gasteiger partial charge is 0.341 e. The zero-order valence-electron chi connectivity index (χ0n) is 12.8. The van der Waals surface area contributed by atoms with Crippen molar-refractivity contribution in [2.45, 2.75) is 12.8 Å². The molecule has 24 heavy (non-hydrogen) atoms. The largest absolute Gasteiger partial charge is 0.465 e. The first kappa shape index (κ1) is 15.7. The fraction of sp³-hybridized carbons (Fsp3) is 0.357. The number of carbonyl (C=O) groups is 3. The Bertz CT molecular complexity index is 838. The topological polar surface area (TPSA) is 135 Å². The van der Waals surface area contributed by atoms with Gasteiger partial charge in [0.15, 0.2) is 0 Å². The molecule has 0 aromatic heterocycles. The van der Waals surface area contributed by atoms with E-state index in [0.29, 0.717) is 19.4 Å². The van der Waals surface area contributed by atoms with E-state index in [2.05, 4.69) is 25.7 Å². The summed E-state index contributed by atoms with van der Waals surface area (Å²) in [5, 5.41) is 8.65. The lowest BCUT2D eigenvalue weighted by Crippen LogP contribution is -2.44. The van der Waals surface area contributed by atoms with Gasteiger partial charge in [-0.25, -0.2) is 9.89 Å². The zero-order valence-corrected chi connectivity index (χ0v) is 12.8. The average molecular weight is 333 g/mol. The van der Waals surface area contributed by atoms with Crippen LogP contribution >= 0.6 is 0 Å². The van der Waals surface area contributed by atoms with Crippen molar-refractivity contribution < 1.29 is 19.1 Å². The maximum absolute atomic E-state index is 12.3. The standard InChI is InChI=1S/C14H15N5O5/c1-24-14(23)9-6-19(5-8-10(9)16-17-12(8)21)18-13(22)7-3-2-4-15-11(7)20/h5-7H,2-4H2,1H3,(H,15,20)(H,17,21)(H,18,22)/t7-/m1/s1. The Labute approximate surface area is 135 Å². The van der Waals surface area contributed by atoms with Crippen LogP contribution in [0, 0.1) is 5.92 Å². The van der Waals surface area contributed by atoms with Gasteiger partial charge in [0.05, 0.1) is 12.7 Å². The highest BCUT2D eigenvalue weighted by atomic mass is 16.5. The second-order valence-corrected chi connectivity index (χ2v) is 5.35. The number of rotatable bonds is 3. The summed E-state index contributed by atoms with van der Waals surface area (Å²) < 4.78 is 5.82. The number of H-pyrrole nitrogens is 1. The number of aromatic amines is 1. The van der Waals surface area contributed by atoms with Crippen molar-refractivity contribution in [1.82, 2.24) is 20.2 Å². The van der Waals surface area contributed by atoms with Crippen LogP contribution in [-0.4, -0.2) is 46.3 Å². The minimum absolute atomic E-state index is 0.0155. The Morgan fingerprint density at radius 2 is 2.17 bits per heavy atom. The van der Waals surface area contributed by atoms with E-state index in [1.165, 1.54) is 19.5 Å². The zero-order chi connectivity index (χ0) is 17.3. The predicted molar refractivity (Wildman–Crippen MR) is 80.9 cm³/mol. The molecule has 3 aliphatic heterocycles. The summed E-state index contributed by atoms with van der Waals surface area (Å²) in [7, 11) is 1.20. The van der Waals surface area contributed by atoms with Crippen LogP contribution in [-0.2, 0) is 14.3 Å². The van der Waals surface area contributed by atoms with E-state index in [-0.39, 0.29) is 22.7 Å². The summed E-state index contributed by atoms with van der Waals surface area (Å²) in [6.45, 7) is 0.544. The molecule has 3 rings (SSSR count). The molecule has 0 aliphatic carbocycles. The maximum atomic E-state index is 12.3. The SMILES string of the molecule is COC(=O)c1cn(NC(=O)[C@@H]2CCCNC2=O)cc2c(=O)[nH]nc1-2. The molecule has 0 aromatic carbocycles. The summed E-state index contributed by atoms with van der Waals surface area (Å²) in [5.74, 6) is -2.39. The number of pyridine rings is 1. The number of nitrogens with one attached hydrogen (secondary N) is 3. The normalized spacial score (nSPS) is 17.4. The minimum Gasteiger partial charge on any atom is -0.465 e. The molecule has 3 aliphatic rings. The molecule has 0 saturated carbocycles. The third kappa shape index (κ3) is 2.73. The van der Waals surface area contributed by atoms with Crippen LogP contribution in [0.5, 0.6) is 0 Å². The summed E-state index contributed by atoms with van der Waals surface area (Å²) in [4.78, 5) is 47.7. The van der Waals surface area contributed by atoms with E-state index in [1.807, 2.05) is 0 Å². The summed E-state index contributed by atoms with van der Waals surface area (Å²) in [6, 6.07) is 0. The van der Waals surface area contributed by atoms with Crippen molar-refractivity contribution >= 4 is 17.8 Å². The van der Waals surface area contributed by atoms with Crippen molar-refractivity contribution in [3.63, 3.8) is 0 Å². The van der Waals surface area contributed by atoms with E-state index < -0.39 is 23.4 Å². The summed E-state index contributed by atoms with van der Waals surface area (Å²) in [5.41, 5.74) is 2.27. The predicted octanol–water partition coefficient (Wildman–Crippen LogP) is -0.941. The number of methoxy groups -OCH3 is 1. The molecule has 1 atom stereocenters. The van der Waals surface area contributed by atoms with Crippen molar-refractivity contribution in [3.05, 3.63) is 28.3 Å². The van der Waals surface area contributed by atoms with Crippen molar-refractivity contribution in [1.29, 1.82) is 0 Å². The lowest BCUT2D eigenvalue weighted by Gasteiger charge is -2.22. The van der Waals surface area contributed by atoms with E-state index >= 15 is 0 Å². The van der Waals surface area contributed by atoms with Crippen LogP contribution < -0.4 is 16.3 Å². The van der Waals surface area contributed by atoms with Gasteiger partial charge in [-0.2, -0.15) is 5.10 Å². The molecular weight excluding hydrogens is 318 g/mol. The monoisotopic (exact) mass is 333 g/mol. The molecule has 10 heteroatoms. The Morgan fingerprint density at radius 1 is 1.38 bits per heavy atom. The van der Waals surface area contributed by atoms with Gasteiger partial charge in [0, 0.05) is 18.9 Å². The Morgan fingerprint density at radius 3 is 2.88 bits per heavy atom.